The van der Waals surface area contributed by atoms with Gasteiger partial charge >= 0.3 is 0 Å². The molecule has 1 aromatic carbocycles. The summed E-state index contributed by atoms with van der Waals surface area (Å²) < 4.78 is 0. The van der Waals surface area contributed by atoms with E-state index in [1.54, 1.807) is 17.7 Å². The molecule has 5 heteroatoms. The van der Waals surface area contributed by atoms with Crippen LogP contribution >= 0.6 is 11.3 Å². The number of hydrogen-bond acceptors (Lipinski definition) is 5. The molecule has 1 fully saturated rings. The highest BCUT2D eigenvalue weighted by atomic mass is 32.1. The largest absolute Gasteiger partial charge is 0.367 e. The minimum atomic E-state index is 0.478. The molecular formula is C21H26N4S. The summed E-state index contributed by atoms with van der Waals surface area (Å²) in [5, 5.41) is 8.29. The molecule has 2 N–H and O–H groups in total. The normalized spacial score (nSPS) is 15.7. The summed E-state index contributed by atoms with van der Waals surface area (Å²) in [4.78, 5) is 11.5. The van der Waals surface area contributed by atoms with Gasteiger partial charge in [0.2, 0.25) is 0 Å². The number of anilines is 1. The van der Waals surface area contributed by atoms with Gasteiger partial charge in [0.1, 0.15) is 17.0 Å². The van der Waals surface area contributed by atoms with E-state index in [2.05, 4.69) is 65.6 Å². The lowest BCUT2D eigenvalue weighted by molar-refractivity contribution is 0.478. The fourth-order valence-electron chi connectivity index (χ4n) is 3.70. The minimum absolute atomic E-state index is 0.478. The lowest BCUT2D eigenvalue weighted by atomic mass is 9.97. The third-order valence-corrected chi connectivity index (χ3v) is 6.22. The fourth-order valence-corrected chi connectivity index (χ4v) is 4.71. The summed E-state index contributed by atoms with van der Waals surface area (Å²) in [5.41, 5.74) is 3.90. The van der Waals surface area contributed by atoms with E-state index in [0.29, 0.717) is 12.0 Å². The zero-order valence-corrected chi connectivity index (χ0v) is 16.5. The molecule has 0 bridgehead atoms. The predicted molar refractivity (Wildman–Crippen MR) is 111 cm³/mol. The third kappa shape index (κ3) is 3.33. The van der Waals surface area contributed by atoms with Crippen LogP contribution in [0.4, 0.5) is 5.82 Å². The zero-order valence-electron chi connectivity index (χ0n) is 15.7. The van der Waals surface area contributed by atoms with Crippen molar-refractivity contribution in [3.63, 3.8) is 0 Å². The minimum Gasteiger partial charge on any atom is -0.367 e. The molecule has 0 amide bonds. The van der Waals surface area contributed by atoms with Gasteiger partial charge < -0.3 is 10.6 Å². The van der Waals surface area contributed by atoms with Crippen molar-refractivity contribution in [1.29, 1.82) is 0 Å². The Morgan fingerprint density at radius 3 is 2.54 bits per heavy atom. The van der Waals surface area contributed by atoms with E-state index < -0.39 is 0 Å². The van der Waals surface area contributed by atoms with Crippen LogP contribution in [0.15, 0.2) is 30.6 Å². The van der Waals surface area contributed by atoms with Crippen LogP contribution in [0.25, 0.3) is 21.3 Å². The first kappa shape index (κ1) is 17.4. The first-order chi connectivity index (χ1) is 12.6. The lowest BCUT2D eigenvalue weighted by Crippen LogP contribution is -2.35. The molecule has 4 nitrogen and oxygen atoms in total. The van der Waals surface area contributed by atoms with Crippen molar-refractivity contribution in [2.24, 2.45) is 0 Å². The van der Waals surface area contributed by atoms with Crippen LogP contribution in [-0.4, -0.2) is 29.1 Å². The Hall–Kier alpha value is -1.98. The fraction of sp³-hybridized carbons (Fsp3) is 0.429. The molecule has 136 valence electrons. The van der Waals surface area contributed by atoms with Crippen molar-refractivity contribution in [2.45, 2.75) is 45.6 Å². The third-order valence-electron chi connectivity index (χ3n) is 5.21. The van der Waals surface area contributed by atoms with Crippen molar-refractivity contribution >= 4 is 27.4 Å². The van der Waals surface area contributed by atoms with E-state index in [1.807, 2.05) is 0 Å². The van der Waals surface area contributed by atoms with Crippen LogP contribution in [0.3, 0.4) is 0 Å². The highest BCUT2D eigenvalue weighted by Crippen LogP contribution is 2.40. The number of thiophene rings is 1. The molecule has 3 heterocycles. The van der Waals surface area contributed by atoms with Crippen LogP contribution < -0.4 is 10.6 Å². The maximum Gasteiger partial charge on any atom is 0.139 e. The second-order valence-corrected chi connectivity index (χ2v) is 8.58. The van der Waals surface area contributed by atoms with Crippen molar-refractivity contribution in [3.05, 3.63) is 41.0 Å². The van der Waals surface area contributed by atoms with Gasteiger partial charge in [-0.2, -0.15) is 0 Å². The SMILES string of the molecule is Cc1sc2ncnc(NC3CCNCC3)c2c1-c1ccc(C(C)C)cc1. The Morgan fingerprint density at radius 2 is 1.85 bits per heavy atom. The summed E-state index contributed by atoms with van der Waals surface area (Å²) in [6.07, 6.45) is 3.95. The highest BCUT2D eigenvalue weighted by molar-refractivity contribution is 7.19. The Bertz CT molecular complexity index is 892. The molecule has 0 unspecified atom stereocenters. The van der Waals surface area contributed by atoms with Gasteiger partial charge in [-0.1, -0.05) is 38.1 Å². The number of nitrogens with one attached hydrogen (secondary N) is 2. The molecule has 2 aromatic heterocycles. The average Bonchev–Trinajstić information content (AvgIpc) is 2.99. The van der Waals surface area contributed by atoms with E-state index in [0.717, 1.165) is 36.6 Å². The van der Waals surface area contributed by atoms with E-state index in [4.69, 9.17) is 0 Å². The van der Waals surface area contributed by atoms with Crippen molar-refractivity contribution in [1.82, 2.24) is 15.3 Å². The maximum absolute atomic E-state index is 4.61. The quantitative estimate of drug-likeness (QED) is 0.686. The molecule has 0 saturated carbocycles. The number of aromatic nitrogens is 2. The zero-order chi connectivity index (χ0) is 18.1. The molecule has 0 spiro atoms. The predicted octanol–water partition coefficient (Wildman–Crippen LogP) is 4.95. The number of fused-ring (bicyclic) bond motifs is 1. The van der Waals surface area contributed by atoms with Crippen molar-refractivity contribution < 1.29 is 0 Å². The number of nitrogens with zero attached hydrogens (tertiary/aromatic N) is 2. The van der Waals surface area contributed by atoms with Gasteiger partial charge in [-0.15, -0.1) is 11.3 Å². The second-order valence-electron chi connectivity index (χ2n) is 7.38. The molecule has 26 heavy (non-hydrogen) atoms. The van der Waals surface area contributed by atoms with Crippen molar-refractivity contribution in [2.75, 3.05) is 18.4 Å². The summed E-state index contributed by atoms with van der Waals surface area (Å²) in [6.45, 7) is 8.78. The summed E-state index contributed by atoms with van der Waals surface area (Å²) in [5.74, 6) is 1.53. The summed E-state index contributed by atoms with van der Waals surface area (Å²) in [7, 11) is 0. The van der Waals surface area contributed by atoms with Gasteiger partial charge in [0.05, 0.1) is 5.39 Å². The average molecular weight is 367 g/mol. The van der Waals surface area contributed by atoms with Crippen LogP contribution in [0.2, 0.25) is 0 Å². The molecule has 0 atom stereocenters. The Labute approximate surface area is 159 Å². The summed E-state index contributed by atoms with van der Waals surface area (Å²) >= 11 is 1.76. The van der Waals surface area contributed by atoms with Crippen LogP contribution in [0.1, 0.15) is 43.0 Å². The number of aryl methyl sites for hydroxylation is 1. The highest BCUT2D eigenvalue weighted by Gasteiger charge is 2.20. The molecule has 0 radical (unpaired) electrons. The van der Waals surface area contributed by atoms with E-state index >= 15 is 0 Å². The van der Waals surface area contributed by atoms with E-state index in [1.165, 1.54) is 27.0 Å². The number of hydrogen-bond donors (Lipinski definition) is 2. The molecule has 4 rings (SSSR count). The lowest BCUT2D eigenvalue weighted by Gasteiger charge is -2.24. The topological polar surface area (TPSA) is 49.8 Å². The molecule has 1 aliphatic heterocycles. The van der Waals surface area contributed by atoms with Gasteiger partial charge in [-0.05, 0) is 49.9 Å². The van der Waals surface area contributed by atoms with Crippen LogP contribution in [0.5, 0.6) is 0 Å². The van der Waals surface area contributed by atoms with Crippen LogP contribution in [0, 0.1) is 6.92 Å². The number of rotatable bonds is 4. The molecule has 1 aliphatic rings. The van der Waals surface area contributed by atoms with Gasteiger partial charge in [0.15, 0.2) is 0 Å². The Balaban J connectivity index is 1.77. The van der Waals surface area contributed by atoms with Gasteiger partial charge in [-0.3, -0.25) is 0 Å². The van der Waals surface area contributed by atoms with E-state index in [-0.39, 0.29) is 0 Å². The van der Waals surface area contributed by atoms with Gasteiger partial charge in [-0.25, -0.2) is 9.97 Å². The standard InChI is InChI=1S/C21H26N4S/c1-13(2)15-4-6-16(7-5-15)18-14(3)26-21-19(18)20(23-12-24-21)25-17-8-10-22-11-9-17/h4-7,12-13,17,22H,8-11H2,1-3H3,(H,23,24,25). The Morgan fingerprint density at radius 1 is 1.12 bits per heavy atom. The first-order valence-electron chi connectivity index (χ1n) is 9.45. The van der Waals surface area contributed by atoms with Gasteiger partial charge in [0.25, 0.3) is 0 Å². The molecular weight excluding hydrogens is 340 g/mol. The Kier molecular flexibility index (Phi) is 4.92. The summed E-state index contributed by atoms with van der Waals surface area (Å²) in [6, 6.07) is 9.45. The van der Waals surface area contributed by atoms with E-state index in [9.17, 15) is 0 Å². The first-order valence-corrected chi connectivity index (χ1v) is 10.3. The van der Waals surface area contributed by atoms with Crippen molar-refractivity contribution in [3.8, 4) is 11.1 Å². The molecule has 1 saturated heterocycles. The van der Waals surface area contributed by atoms with Crippen LogP contribution in [-0.2, 0) is 0 Å². The second kappa shape index (κ2) is 7.33. The number of piperidine rings is 1. The molecule has 3 aromatic rings. The molecule has 0 aliphatic carbocycles. The maximum atomic E-state index is 4.61. The monoisotopic (exact) mass is 366 g/mol. The number of benzene rings is 1. The smallest absolute Gasteiger partial charge is 0.139 e. The van der Waals surface area contributed by atoms with Gasteiger partial charge in [0, 0.05) is 16.5 Å².